The Morgan fingerprint density at radius 1 is 1.09 bits per heavy atom. The van der Waals surface area contributed by atoms with E-state index in [0.29, 0.717) is 25.6 Å². The molecule has 0 saturated carbocycles. The molecule has 5 nitrogen and oxygen atoms in total. The summed E-state index contributed by atoms with van der Waals surface area (Å²) < 4.78 is 34.7. The monoisotopic (exact) mass is 338 g/mol. The van der Waals surface area contributed by atoms with Crippen LogP contribution in [0.5, 0.6) is 5.75 Å². The van der Waals surface area contributed by atoms with Crippen LogP contribution in [0.1, 0.15) is 44.2 Å². The van der Waals surface area contributed by atoms with Gasteiger partial charge in [-0.15, -0.1) is 0 Å². The van der Waals surface area contributed by atoms with E-state index in [9.17, 15) is 8.42 Å². The molecule has 0 aliphatic carbocycles. The first-order chi connectivity index (χ1) is 11.0. The minimum Gasteiger partial charge on any atom is -0.497 e. The lowest BCUT2D eigenvalue weighted by Gasteiger charge is -2.35. The average Bonchev–Trinajstić information content (AvgIpc) is 3.05. The highest BCUT2D eigenvalue weighted by molar-refractivity contribution is 7.86. The largest absolute Gasteiger partial charge is 0.497 e. The van der Waals surface area contributed by atoms with E-state index in [2.05, 4.69) is 6.92 Å². The maximum absolute atomic E-state index is 13.1. The van der Waals surface area contributed by atoms with Crippen LogP contribution in [0.4, 0.5) is 0 Å². The number of methoxy groups -OCH3 is 1. The molecule has 0 amide bonds. The molecule has 2 aliphatic rings. The highest BCUT2D eigenvalue weighted by atomic mass is 32.2. The molecule has 2 saturated heterocycles. The molecular weight excluding hydrogens is 312 g/mol. The van der Waals surface area contributed by atoms with Gasteiger partial charge < -0.3 is 4.74 Å². The molecule has 0 N–H and O–H groups in total. The van der Waals surface area contributed by atoms with Crippen LogP contribution in [0, 0.1) is 5.92 Å². The van der Waals surface area contributed by atoms with Gasteiger partial charge in [-0.25, -0.2) is 0 Å². The molecule has 0 aromatic heterocycles. The molecule has 2 heterocycles. The summed E-state index contributed by atoms with van der Waals surface area (Å²) in [7, 11) is -1.73. The van der Waals surface area contributed by atoms with Crippen molar-refractivity contribution in [2.45, 2.75) is 38.6 Å². The van der Waals surface area contributed by atoms with E-state index in [1.165, 1.54) is 0 Å². The first-order valence-electron chi connectivity index (χ1n) is 8.43. The number of hydrogen-bond donors (Lipinski definition) is 0. The van der Waals surface area contributed by atoms with Gasteiger partial charge in [-0.05, 0) is 49.3 Å². The molecule has 2 aliphatic heterocycles. The summed E-state index contributed by atoms with van der Waals surface area (Å²) in [5, 5.41) is 0. The van der Waals surface area contributed by atoms with Crippen LogP contribution in [0.15, 0.2) is 24.3 Å². The smallest absolute Gasteiger partial charge is 0.282 e. The van der Waals surface area contributed by atoms with Crippen LogP contribution in [0.25, 0.3) is 0 Å². The molecule has 3 rings (SSSR count). The second-order valence-corrected chi connectivity index (χ2v) is 8.54. The molecule has 1 aromatic rings. The van der Waals surface area contributed by atoms with Gasteiger partial charge in [-0.3, -0.25) is 0 Å². The van der Waals surface area contributed by atoms with Crippen molar-refractivity contribution in [1.82, 2.24) is 8.61 Å². The molecule has 2 fully saturated rings. The third-order valence-electron chi connectivity index (χ3n) is 4.95. The number of nitrogens with zero attached hydrogens (tertiary/aromatic N) is 2. The minimum absolute atomic E-state index is 0.0526. The van der Waals surface area contributed by atoms with Gasteiger partial charge in [0.1, 0.15) is 5.75 Å². The SMILES string of the molecule is COc1ccc(C2CCCN2S(=O)(=O)N2CCCC(C)C2)cc1. The highest BCUT2D eigenvalue weighted by Crippen LogP contribution is 2.36. The highest BCUT2D eigenvalue weighted by Gasteiger charge is 2.39. The molecule has 0 bridgehead atoms. The Labute approximate surface area is 139 Å². The van der Waals surface area contributed by atoms with Gasteiger partial charge in [0, 0.05) is 19.6 Å². The number of rotatable bonds is 4. The molecule has 2 atom stereocenters. The van der Waals surface area contributed by atoms with E-state index in [0.717, 1.165) is 37.0 Å². The van der Waals surface area contributed by atoms with E-state index in [1.54, 1.807) is 15.7 Å². The average molecular weight is 338 g/mol. The van der Waals surface area contributed by atoms with Crippen LogP contribution in [-0.4, -0.2) is 43.8 Å². The second-order valence-electron chi connectivity index (χ2n) is 6.66. The predicted molar refractivity (Wildman–Crippen MR) is 90.6 cm³/mol. The lowest BCUT2D eigenvalue weighted by Crippen LogP contribution is -2.47. The van der Waals surface area contributed by atoms with E-state index < -0.39 is 10.2 Å². The Balaban J connectivity index is 1.82. The van der Waals surface area contributed by atoms with Crippen LogP contribution in [0.3, 0.4) is 0 Å². The van der Waals surface area contributed by atoms with Gasteiger partial charge in [0.05, 0.1) is 13.2 Å². The molecule has 128 valence electrons. The Morgan fingerprint density at radius 2 is 1.78 bits per heavy atom. The minimum atomic E-state index is -3.37. The lowest BCUT2D eigenvalue weighted by atomic mass is 10.0. The molecule has 0 spiro atoms. The van der Waals surface area contributed by atoms with Crippen LogP contribution in [0.2, 0.25) is 0 Å². The molecular formula is C17H26N2O3S. The quantitative estimate of drug-likeness (QED) is 0.848. The van der Waals surface area contributed by atoms with Crippen molar-refractivity contribution < 1.29 is 13.2 Å². The van der Waals surface area contributed by atoms with Crippen molar-refractivity contribution in [2.24, 2.45) is 5.92 Å². The maximum Gasteiger partial charge on any atom is 0.282 e. The van der Waals surface area contributed by atoms with Crippen molar-refractivity contribution in [3.05, 3.63) is 29.8 Å². The summed E-state index contributed by atoms with van der Waals surface area (Å²) in [6, 6.07) is 7.72. The fraction of sp³-hybridized carbons (Fsp3) is 0.647. The molecule has 23 heavy (non-hydrogen) atoms. The van der Waals surface area contributed by atoms with E-state index >= 15 is 0 Å². The number of benzene rings is 1. The predicted octanol–water partition coefficient (Wildman–Crippen LogP) is 2.81. The Morgan fingerprint density at radius 3 is 2.43 bits per heavy atom. The van der Waals surface area contributed by atoms with Crippen molar-refractivity contribution in [3.8, 4) is 5.75 Å². The third-order valence-corrected chi connectivity index (χ3v) is 6.96. The third kappa shape index (κ3) is 3.39. The zero-order chi connectivity index (χ0) is 16.4. The first-order valence-corrected chi connectivity index (χ1v) is 9.83. The summed E-state index contributed by atoms with van der Waals surface area (Å²) in [6.45, 7) is 4.04. The van der Waals surface area contributed by atoms with E-state index in [1.807, 2.05) is 24.3 Å². The summed E-state index contributed by atoms with van der Waals surface area (Å²) in [6.07, 6.45) is 3.88. The van der Waals surface area contributed by atoms with E-state index in [-0.39, 0.29) is 6.04 Å². The Hall–Kier alpha value is -1.11. The van der Waals surface area contributed by atoms with Crippen molar-refractivity contribution in [1.29, 1.82) is 0 Å². The summed E-state index contributed by atoms with van der Waals surface area (Å²) in [4.78, 5) is 0. The summed E-state index contributed by atoms with van der Waals surface area (Å²) in [5.41, 5.74) is 1.05. The van der Waals surface area contributed by atoms with Gasteiger partial charge >= 0.3 is 0 Å². The van der Waals surface area contributed by atoms with Crippen LogP contribution < -0.4 is 4.74 Å². The van der Waals surface area contributed by atoms with Crippen molar-refractivity contribution in [2.75, 3.05) is 26.7 Å². The normalized spacial score (nSPS) is 27.2. The van der Waals surface area contributed by atoms with Gasteiger partial charge in [-0.1, -0.05) is 19.1 Å². The molecule has 1 aromatic carbocycles. The molecule has 6 heteroatoms. The fourth-order valence-corrected chi connectivity index (χ4v) is 5.69. The van der Waals surface area contributed by atoms with Gasteiger partial charge in [0.2, 0.25) is 0 Å². The van der Waals surface area contributed by atoms with Crippen molar-refractivity contribution in [3.63, 3.8) is 0 Å². The van der Waals surface area contributed by atoms with Gasteiger partial charge in [0.25, 0.3) is 10.2 Å². The Kier molecular flexibility index (Phi) is 4.94. The van der Waals surface area contributed by atoms with Crippen LogP contribution >= 0.6 is 0 Å². The number of ether oxygens (including phenoxy) is 1. The van der Waals surface area contributed by atoms with Gasteiger partial charge in [-0.2, -0.15) is 17.0 Å². The number of hydrogen-bond acceptors (Lipinski definition) is 3. The summed E-state index contributed by atoms with van der Waals surface area (Å²) >= 11 is 0. The zero-order valence-corrected chi connectivity index (χ0v) is 14.8. The fourth-order valence-electron chi connectivity index (χ4n) is 3.68. The zero-order valence-electron chi connectivity index (χ0n) is 13.9. The molecule has 2 unspecified atom stereocenters. The molecule has 0 radical (unpaired) electrons. The standard InChI is InChI=1S/C17H26N2O3S/c1-14-5-3-11-18(13-14)23(20,21)19-12-4-6-17(19)15-7-9-16(22-2)10-8-15/h7-10,14,17H,3-6,11-13H2,1-2H3. The van der Waals surface area contributed by atoms with Crippen LogP contribution in [-0.2, 0) is 10.2 Å². The topological polar surface area (TPSA) is 49.9 Å². The summed E-state index contributed by atoms with van der Waals surface area (Å²) in [5.74, 6) is 1.24. The number of piperidine rings is 1. The van der Waals surface area contributed by atoms with Crippen molar-refractivity contribution >= 4 is 10.2 Å². The lowest BCUT2D eigenvalue weighted by molar-refractivity contribution is 0.254. The van der Waals surface area contributed by atoms with E-state index in [4.69, 9.17) is 4.74 Å². The Bertz CT molecular complexity index is 630. The maximum atomic E-state index is 13.1. The van der Waals surface area contributed by atoms with Gasteiger partial charge in [0.15, 0.2) is 0 Å². The second kappa shape index (κ2) is 6.79. The first kappa shape index (κ1) is 16.7.